The molecule has 0 saturated carbocycles. The maximum Gasteiger partial charge on any atom is 0.227 e. The number of carbonyl (C=O) groups is 1. The third-order valence-corrected chi connectivity index (χ3v) is 4.85. The highest BCUT2D eigenvalue weighted by molar-refractivity contribution is 5.87. The van der Waals surface area contributed by atoms with E-state index in [-0.39, 0.29) is 5.91 Å². The summed E-state index contributed by atoms with van der Waals surface area (Å²) >= 11 is 0. The summed E-state index contributed by atoms with van der Waals surface area (Å²) in [5.41, 5.74) is 1.95. The van der Waals surface area contributed by atoms with Crippen molar-refractivity contribution in [3.05, 3.63) is 30.1 Å². The number of aryl methyl sites for hydroxylation is 1. The predicted molar refractivity (Wildman–Crippen MR) is 84.9 cm³/mol. The standard InChI is InChI=1S/C17H21N3O3/c1-19-12-13(14-3-2-6-18-16(14)19)11-15(21)20-7-4-17(5-8-20)22-9-10-23-17/h2-3,6,12H,4-5,7-11H2,1H3. The van der Waals surface area contributed by atoms with E-state index >= 15 is 0 Å². The Bertz CT molecular complexity index is 724. The van der Waals surface area contributed by atoms with Crippen LogP contribution in [0.2, 0.25) is 0 Å². The fraction of sp³-hybridized carbons (Fsp3) is 0.529. The second-order valence-electron chi connectivity index (χ2n) is 6.30. The molecule has 0 aromatic carbocycles. The second kappa shape index (κ2) is 5.62. The summed E-state index contributed by atoms with van der Waals surface area (Å²) in [6.07, 6.45) is 5.72. The van der Waals surface area contributed by atoms with Gasteiger partial charge in [0.25, 0.3) is 0 Å². The lowest BCUT2D eigenvalue weighted by molar-refractivity contribution is -0.187. The first kappa shape index (κ1) is 14.7. The summed E-state index contributed by atoms with van der Waals surface area (Å²) in [6, 6.07) is 3.94. The number of piperidine rings is 1. The van der Waals surface area contributed by atoms with E-state index in [1.54, 1.807) is 6.20 Å². The zero-order valence-electron chi connectivity index (χ0n) is 13.3. The summed E-state index contributed by atoms with van der Waals surface area (Å²) in [5, 5.41) is 1.05. The monoisotopic (exact) mass is 315 g/mol. The molecule has 1 spiro atoms. The summed E-state index contributed by atoms with van der Waals surface area (Å²) in [7, 11) is 1.96. The molecule has 0 unspecified atom stereocenters. The summed E-state index contributed by atoms with van der Waals surface area (Å²) in [6.45, 7) is 2.72. The van der Waals surface area contributed by atoms with Gasteiger partial charge in [-0.3, -0.25) is 4.79 Å². The van der Waals surface area contributed by atoms with E-state index in [2.05, 4.69) is 4.98 Å². The number of aromatic nitrogens is 2. The number of likely N-dealkylation sites (tertiary alicyclic amines) is 1. The number of nitrogens with zero attached hydrogens (tertiary/aromatic N) is 3. The van der Waals surface area contributed by atoms with E-state index < -0.39 is 5.79 Å². The number of rotatable bonds is 2. The van der Waals surface area contributed by atoms with Crippen LogP contribution >= 0.6 is 0 Å². The third-order valence-electron chi connectivity index (χ3n) is 4.85. The van der Waals surface area contributed by atoms with Gasteiger partial charge >= 0.3 is 0 Å². The van der Waals surface area contributed by atoms with Crippen LogP contribution in [0.4, 0.5) is 0 Å². The van der Waals surface area contributed by atoms with Crippen LogP contribution in [0, 0.1) is 0 Å². The number of amides is 1. The van der Waals surface area contributed by atoms with Crippen LogP contribution in [-0.2, 0) is 27.7 Å². The first-order valence-electron chi connectivity index (χ1n) is 8.11. The number of ether oxygens (including phenoxy) is 2. The Hall–Kier alpha value is -1.92. The summed E-state index contributed by atoms with van der Waals surface area (Å²) in [5.74, 6) is -0.269. The summed E-state index contributed by atoms with van der Waals surface area (Å²) < 4.78 is 13.4. The molecule has 2 aliphatic heterocycles. The largest absolute Gasteiger partial charge is 0.347 e. The number of hydrogen-bond donors (Lipinski definition) is 0. The van der Waals surface area contributed by atoms with Gasteiger partial charge in [-0.1, -0.05) is 0 Å². The van der Waals surface area contributed by atoms with E-state index in [4.69, 9.17) is 9.47 Å². The molecule has 6 nitrogen and oxygen atoms in total. The number of fused-ring (bicyclic) bond motifs is 1. The van der Waals surface area contributed by atoms with Crippen LogP contribution in [0.3, 0.4) is 0 Å². The highest BCUT2D eigenvalue weighted by Crippen LogP contribution is 2.31. The first-order chi connectivity index (χ1) is 11.2. The minimum atomic E-state index is -0.430. The quantitative estimate of drug-likeness (QED) is 0.842. The number of pyridine rings is 1. The van der Waals surface area contributed by atoms with Gasteiger partial charge in [0.1, 0.15) is 5.65 Å². The molecular weight excluding hydrogens is 294 g/mol. The maximum absolute atomic E-state index is 12.6. The minimum Gasteiger partial charge on any atom is -0.347 e. The number of hydrogen-bond acceptors (Lipinski definition) is 4. The topological polar surface area (TPSA) is 56.6 Å². The molecule has 0 N–H and O–H groups in total. The van der Waals surface area contributed by atoms with Crippen molar-refractivity contribution in [2.75, 3.05) is 26.3 Å². The van der Waals surface area contributed by atoms with E-state index in [0.29, 0.717) is 32.7 Å². The van der Waals surface area contributed by atoms with Crippen LogP contribution < -0.4 is 0 Å². The lowest BCUT2D eigenvalue weighted by Crippen LogP contribution is -2.47. The molecule has 2 saturated heterocycles. The average Bonchev–Trinajstić information content (AvgIpc) is 3.14. The van der Waals surface area contributed by atoms with Crippen molar-refractivity contribution < 1.29 is 14.3 Å². The molecule has 2 fully saturated rings. The van der Waals surface area contributed by atoms with Gasteiger partial charge in [0.15, 0.2) is 5.79 Å². The van der Waals surface area contributed by atoms with Gasteiger partial charge in [0.2, 0.25) is 5.91 Å². The third kappa shape index (κ3) is 2.62. The fourth-order valence-corrected chi connectivity index (χ4v) is 3.59. The van der Waals surface area contributed by atoms with Crippen molar-refractivity contribution in [2.24, 2.45) is 7.05 Å². The lowest BCUT2D eigenvalue weighted by atomic mass is 10.0. The Balaban J connectivity index is 1.46. The van der Waals surface area contributed by atoms with Crippen molar-refractivity contribution in [3.63, 3.8) is 0 Å². The van der Waals surface area contributed by atoms with Crippen LogP contribution in [0.5, 0.6) is 0 Å². The predicted octanol–water partition coefficient (Wildman–Crippen LogP) is 1.48. The molecule has 122 valence electrons. The Morgan fingerprint density at radius 1 is 1.30 bits per heavy atom. The first-order valence-corrected chi connectivity index (χ1v) is 8.11. The zero-order valence-corrected chi connectivity index (χ0v) is 13.3. The van der Waals surface area contributed by atoms with Gasteiger partial charge in [-0.25, -0.2) is 4.98 Å². The second-order valence-corrected chi connectivity index (χ2v) is 6.30. The van der Waals surface area contributed by atoms with Gasteiger partial charge in [-0.05, 0) is 17.7 Å². The normalized spacial score (nSPS) is 20.5. The number of carbonyl (C=O) groups excluding carboxylic acids is 1. The van der Waals surface area contributed by atoms with Gasteiger partial charge in [0, 0.05) is 50.8 Å². The van der Waals surface area contributed by atoms with E-state index in [0.717, 1.165) is 29.4 Å². The molecule has 0 radical (unpaired) electrons. The molecule has 2 aliphatic rings. The van der Waals surface area contributed by atoms with Gasteiger partial charge in [-0.15, -0.1) is 0 Å². The van der Waals surface area contributed by atoms with Gasteiger partial charge < -0.3 is 18.9 Å². The molecule has 23 heavy (non-hydrogen) atoms. The van der Waals surface area contributed by atoms with Crippen molar-refractivity contribution in [3.8, 4) is 0 Å². The molecule has 0 bridgehead atoms. The molecule has 1 amide bonds. The van der Waals surface area contributed by atoms with Crippen LogP contribution in [0.25, 0.3) is 11.0 Å². The lowest BCUT2D eigenvalue weighted by Gasteiger charge is -2.37. The van der Waals surface area contributed by atoms with Gasteiger partial charge in [-0.2, -0.15) is 0 Å². The average molecular weight is 315 g/mol. The summed E-state index contributed by atoms with van der Waals surface area (Å²) in [4.78, 5) is 18.9. The smallest absolute Gasteiger partial charge is 0.227 e. The highest BCUT2D eigenvalue weighted by atomic mass is 16.7. The van der Waals surface area contributed by atoms with Gasteiger partial charge in [0.05, 0.1) is 19.6 Å². The minimum absolute atomic E-state index is 0.161. The molecule has 2 aromatic heterocycles. The van der Waals surface area contributed by atoms with E-state index in [1.165, 1.54) is 0 Å². The van der Waals surface area contributed by atoms with Crippen LogP contribution in [-0.4, -0.2) is 52.4 Å². The van der Waals surface area contributed by atoms with Crippen molar-refractivity contribution in [1.82, 2.24) is 14.5 Å². The van der Waals surface area contributed by atoms with Crippen molar-refractivity contribution in [1.29, 1.82) is 0 Å². The Kier molecular flexibility index (Phi) is 3.58. The van der Waals surface area contributed by atoms with E-state index in [9.17, 15) is 4.79 Å². The SMILES string of the molecule is Cn1cc(CC(=O)N2CCC3(CC2)OCCO3)c2cccnc21. The van der Waals surface area contributed by atoms with Crippen LogP contribution in [0.15, 0.2) is 24.5 Å². The molecule has 6 heteroatoms. The molecular formula is C17H21N3O3. The highest BCUT2D eigenvalue weighted by Gasteiger charge is 2.40. The molecule has 4 rings (SSSR count). The van der Waals surface area contributed by atoms with Crippen molar-refractivity contribution >= 4 is 16.9 Å². The Morgan fingerprint density at radius 2 is 2.04 bits per heavy atom. The molecule has 0 atom stereocenters. The van der Waals surface area contributed by atoms with Crippen molar-refractivity contribution in [2.45, 2.75) is 25.0 Å². The molecule has 4 heterocycles. The van der Waals surface area contributed by atoms with E-state index in [1.807, 2.05) is 34.8 Å². The molecule has 2 aromatic rings. The maximum atomic E-state index is 12.6. The van der Waals surface area contributed by atoms with Crippen LogP contribution in [0.1, 0.15) is 18.4 Å². The zero-order chi connectivity index (χ0) is 15.9. The molecule has 0 aliphatic carbocycles. The fourth-order valence-electron chi connectivity index (χ4n) is 3.59. The Labute approximate surface area is 135 Å². The Morgan fingerprint density at radius 3 is 2.78 bits per heavy atom.